The molecule has 0 aromatic heterocycles. The third-order valence-corrected chi connectivity index (χ3v) is 3.25. The van der Waals surface area contributed by atoms with Crippen LogP contribution in [0.5, 0.6) is 0 Å². The first-order valence-electron chi connectivity index (χ1n) is 6.01. The van der Waals surface area contributed by atoms with Crippen LogP contribution in [0.1, 0.15) is 15.9 Å². The van der Waals surface area contributed by atoms with E-state index >= 15 is 0 Å². The highest BCUT2D eigenvalue weighted by Gasteiger charge is 2.10. The van der Waals surface area contributed by atoms with Crippen molar-refractivity contribution in [3.05, 3.63) is 52.0 Å². The summed E-state index contributed by atoms with van der Waals surface area (Å²) < 4.78 is 5.70. The fourth-order valence-corrected chi connectivity index (χ4v) is 2.50. The Labute approximate surface area is 126 Å². The van der Waals surface area contributed by atoms with E-state index in [1.54, 1.807) is 12.1 Å². The standard InChI is InChI=1S/C15H15BrN2O2/c1-9-5-10(16)7-12(6-9)18-11-3-4-14(17)13(8-11)15(19)20-2/h3-8,18H,17H2,1-2H3. The van der Waals surface area contributed by atoms with Crippen molar-refractivity contribution in [1.29, 1.82) is 0 Å². The number of nitrogens with two attached hydrogens (primary N) is 1. The van der Waals surface area contributed by atoms with E-state index in [1.807, 2.05) is 31.2 Å². The molecule has 0 aliphatic carbocycles. The average Bonchev–Trinajstić information content (AvgIpc) is 2.39. The zero-order valence-corrected chi connectivity index (χ0v) is 12.8. The van der Waals surface area contributed by atoms with E-state index in [1.165, 1.54) is 7.11 Å². The van der Waals surface area contributed by atoms with E-state index in [0.717, 1.165) is 21.4 Å². The summed E-state index contributed by atoms with van der Waals surface area (Å²) >= 11 is 3.45. The molecule has 104 valence electrons. The van der Waals surface area contributed by atoms with Crippen LogP contribution in [0, 0.1) is 6.92 Å². The van der Waals surface area contributed by atoms with Crippen LogP contribution >= 0.6 is 15.9 Å². The Hall–Kier alpha value is -2.01. The number of esters is 1. The predicted molar refractivity (Wildman–Crippen MR) is 84.4 cm³/mol. The molecule has 0 saturated heterocycles. The number of aryl methyl sites for hydroxylation is 1. The minimum atomic E-state index is -0.448. The molecule has 0 bridgehead atoms. The Morgan fingerprint density at radius 2 is 1.95 bits per heavy atom. The molecular weight excluding hydrogens is 320 g/mol. The first-order chi connectivity index (χ1) is 9.49. The van der Waals surface area contributed by atoms with E-state index < -0.39 is 5.97 Å². The van der Waals surface area contributed by atoms with Gasteiger partial charge in [0, 0.05) is 21.5 Å². The minimum absolute atomic E-state index is 0.351. The summed E-state index contributed by atoms with van der Waals surface area (Å²) in [6, 6.07) is 11.2. The van der Waals surface area contributed by atoms with E-state index in [4.69, 9.17) is 10.5 Å². The maximum atomic E-state index is 11.6. The third kappa shape index (κ3) is 3.30. The van der Waals surface area contributed by atoms with Crippen LogP contribution in [0.4, 0.5) is 17.1 Å². The lowest BCUT2D eigenvalue weighted by Gasteiger charge is -2.11. The van der Waals surface area contributed by atoms with Gasteiger partial charge in [-0.05, 0) is 48.9 Å². The highest BCUT2D eigenvalue weighted by molar-refractivity contribution is 9.10. The number of hydrogen-bond acceptors (Lipinski definition) is 4. The summed E-state index contributed by atoms with van der Waals surface area (Å²) in [4.78, 5) is 11.6. The Kier molecular flexibility index (Phi) is 4.29. The molecule has 0 heterocycles. The third-order valence-electron chi connectivity index (χ3n) is 2.79. The van der Waals surface area contributed by atoms with Crippen LogP contribution in [0.2, 0.25) is 0 Å². The van der Waals surface area contributed by atoms with Crippen LogP contribution < -0.4 is 11.1 Å². The largest absolute Gasteiger partial charge is 0.465 e. The van der Waals surface area contributed by atoms with Gasteiger partial charge in [0.05, 0.1) is 12.7 Å². The first kappa shape index (κ1) is 14.4. The van der Waals surface area contributed by atoms with Gasteiger partial charge in [0.15, 0.2) is 0 Å². The van der Waals surface area contributed by atoms with Crippen LogP contribution in [0.15, 0.2) is 40.9 Å². The van der Waals surface area contributed by atoms with Gasteiger partial charge in [-0.15, -0.1) is 0 Å². The van der Waals surface area contributed by atoms with Crippen LogP contribution in [-0.2, 0) is 4.74 Å². The number of methoxy groups -OCH3 is 1. The molecule has 0 fully saturated rings. The molecule has 2 aromatic rings. The predicted octanol–water partition coefficient (Wildman–Crippen LogP) is 3.87. The monoisotopic (exact) mass is 334 g/mol. The second-order valence-electron chi connectivity index (χ2n) is 4.44. The van der Waals surface area contributed by atoms with Gasteiger partial charge in [0.25, 0.3) is 0 Å². The maximum absolute atomic E-state index is 11.6. The van der Waals surface area contributed by atoms with Crippen molar-refractivity contribution in [1.82, 2.24) is 0 Å². The minimum Gasteiger partial charge on any atom is -0.465 e. The van der Waals surface area contributed by atoms with Gasteiger partial charge in [0.1, 0.15) is 0 Å². The quantitative estimate of drug-likeness (QED) is 0.660. The maximum Gasteiger partial charge on any atom is 0.340 e. The summed E-state index contributed by atoms with van der Waals surface area (Å²) in [6.07, 6.45) is 0. The summed E-state index contributed by atoms with van der Waals surface area (Å²) in [6.45, 7) is 2.01. The van der Waals surface area contributed by atoms with Gasteiger partial charge < -0.3 is 15.8 Å². The van der Waals surface area contributed by atoms with Gasteiger partial charge >= 0.3 is 5.97 Å². The molecule has 3 N–H and O–H groups in total. The summed E-state index contributed by atoms with van der Waals surface area (Å²) in [5.41, 5.74) is 9.35. The topological polar surface area (TPSA) is 64.3 Å². The Balaban J connectivity index is 2.32. The van der Waals surface area contributed by atoms with Crippen LogP contribution in [-0.4, -0.2) is 13.1 Å². The molecule has 0 atom stereocenters. The SMILES string of the molecule is COC(=O)c1cc(Nc2cc(C)cc(Br)c2)ccc1N. The average molecular weight is 335 g/mol. The highest BCUT2D eigenvalue weighted by Crippen LogP contribution is 2.25. The van der Waals surface area contributed by atoms with E-state index in [9.17, 15) is 4.79 Å². The number of nitrogen functional groups attached to an aromatic ring is 1. The second-order valence-corrected chi connectivity index (χ2v) is 5.35. The molecule has 2 rings (SSSR count). The molecule has 2 aromatic carbocycles. The number of carbonyl (C=O) groups is 1. The Morgan fingerprint density at radius 3 is 2.60 bits per heavy atom. The van der Waals surface area contributed by atoms with Crippen LogP contribution in [0.25, 0.3) is 0 Å². The smallest absolute Gasteiger partial charge is 0.340 e. The molecule has 0 spiro atoms. The lowest BCUT2D eigenvalue weighted by molar-refractivity contribution is 0.0602. The molecule has 0 amide bonds. The number of carbonyl (C=O) groups excluding carboxylic acids is 1. The van der Waals surface area contributed by atoms with Gasteiger partial charge in [-0.25, -0.2) is 4.79 Å². The Bertz CT molecular complexity index is 636. The highest BCUT2D eigenvalue weighted by atomic mass is 79.9. The number of rotatable bonds is 3. The van der Waals surface area contributed by atoms with Gasteiger partial charge in [-0.3, -0.25) is 0 Å². The number of nitrogens with one attached hydrogen (secondary N) is 1. The molecule has 0 aliphatic heterocycles. The number of anilines is 3. The van der Waals surface area contributed by atoms with Crippen LogP contribution in [0.3, 0.4) is 0 Å². The fourth-order valence-electron chi connectivity index (χ4n) is 1.90. The lowest BCUT2D eigenvalue weighted by Crippen LogP contribution is -2.06. The molecule has 0 aliphatic rings. The van der Waals surface area contributed by atoms with Crippen molar-refractivity contribution in [2.24, 2.45) is 0 Å². The number of benzene rings is 2. The second kappa shape index (κ2) is 5.96. The van der Waals surface area contributed by atoms with E-state index in [-0.39, 0.29) is 0 Å². The molecule has 0 saturated carbocycles. The Morgan fingerprint density at radius 1 is 1.20 bits per heavy atom. The van der Waals surface area contributed by atoms with Crippen molar-refractivity contribution in [2.45, 2.75) is 6.92 Å². The lowest BCUT2D eigenvalue weighted by atomic mass is 10.1. The fraction of sp³-hybridized carbons (Fsp3) is 0.133. The molecular formula is C15H15BrN2O2. The van der Waals surface area contributed by atoms with E-state index in [0.29, 0.717) is 11.3 Å². The van der Waals surface area contributed by atoms with Crippen molar-refractivity contribution in [3.63, 3.8) is 0 Å². The molecule has 4 nitrogen and oxygen atoms in total. The number of halogens is 1. The van der Waals surface area contributed by atoms with Gasteiger partial charge in [0.2, 0.25) is 0 Å². The molecule has 0 unspecified atom stereocenters. The number of hydrogen-bond donors (Lipinski definition) is 2. The van der Waals surface area contributed by atoms with Crippen molar-refractivity contribution < 1.29 is 9.53 Å². The van der Waals surface area contributed by atoms with Crippen molar-refractivity contribution in [3.8, 4) is 0 Å². The molecule has 0 radical (unpaired) electrons. The van der Waals surface area contributed by atoms with Crippen molar-refractivity contribution in [2.75, 3.05) is 18.2 Å². The molecule has 20 heavy (non-hydrogen) atoms. The van der Waals surface area contributed by atoms with Crippen molar-refractivity contribution >= 4 is 39.0 Å². The normalized spacial score (nSPS) is 10.2. The van der Waals surface area contributed by atoms with Gasteiger partial charge in [-0.2, -0.15) is 0 Å². The summed E-state index contributed by atoms with van der Waals surface area (Å²) in [7, 11) is 1.33. The van der Waals surface area contributed by atoms with Gasteiger partial charge in [-0.1, -0.05) is 15.9 Å². The molecule has 5 heteroatoms. The summed E-state index contributed by atoms with van der Waals surface area (Å²) in [5.74, 6) is -0.448. The zero-order chi connectivity index (χ0) is 14.7. The zero-order valence-electron chi connectivity index (χ0n) is 11.2. The number of ether oxygens (including phenoxy) is 1. The first-order valence-corrected chi connectivity index (χ1v) is 6.81. The van der Waals surface area contributed by atoms with E-state index in [2.05, 4.69) is 21.2 Å². The summed E-state index contributed by atoms with van der Waals surface area (Å²) in [5, 5.41) is 3.24.